The number of benzene rings is 1. The van der Waals surface area contributed by atoms with Crippen LogP contribution in [0, 0.1) is 12.8 Å². The summed E-state index contributed by atoms with van der Waals surface area (Å²) < 4.78 is 11.5. The number of nitrogens with one attached hydrogen (secondary N) is 2. The van der Waals surface area contributed by atoms with Gasteiger partial charge in [-0.25, -0.2) is 0 Å². The first kappa shape index (κ1) is 18.0. The van der Waals surface area contributed by atoms with Gasteiger partial charge in [0, 0.05) is 24.9 Å². The van der Waals surface area contributed by atoms with Crippen LogP contribution >= 0.6 is 0 Å². The summed E-state index contributed by atoms with van der Waals surface area (Å²) in [5, 5.41) is 6.68. The van der Waals surface area contributed by atoms with Crippen molar-refractivity contribution in [3.63, 3.8) is 0 Å². The lowest BCUT2D eigenvalue weighted by molar-refractivity contribution is -0.180. The number of carbonyl (C=O) groups is 1. The summed E-state index contributed by atoms with van der Waals surface area (Å²) >= 11 is 0. The smallest absolute Gasteiger partial charge is 0.234 e. The molecule has 0 radical (unpaired) electrons. The Morgan fingerprint density at radius 3 is 2.38 bits per heavy atom. The Bertz CT molecular complexity index is 611. The molecule has 5 nitrogen and oxygen atoms in total. The van der Waals surface area contributed by atoms with Gasteiger partial charge in [-0.05, 0) is 44.1 Å². The summed E-state index contributed by atoms with van der Waals surface area (Å²) in [6.45, 7) is 3.88. The van der Waals surface area contributed by atoms with Gasteiger partial charge in [-0.3, -0.25) is 4.79 Å². The lowest BCUT2D eigenvalue weighted by Gasteiger charge is -2.35. The largest absolute Gasteiger partial charge is 0.352 e. The predicted molar refractivity (Wildman–Crippen MR) is 99.7 cm³/mol. The van der Waals surface area contributed by atoms with Gasteiger partial charge in [0.1, 0.15) is 0 Å². The second kappa shape index (κ2) is 7.67. The van der Waals surface area contributed by atoms with Gasteiger partial charge in [-0.15, -0.1) is 0 Å². The Morgan fingerprint density at radius 1 is 1.12 bits per heavy atom. The van der Waals surface area contributed by atoms with E-state index in [9.17, 15) is 4.79 Å². The standard InChI is InChI=1S/C21H30N2O3/c1-15-2-4-16(5-3-15)20(17-6-7-17)22-14-19(24)23-18-8-10-21(11-9-18)25-12-13-26-21/h2-5,17-18,20,22H,6-14H2,1H3,(H,23,24)/t20-/m1/s1. The van der Waals surface area contributed by atoms with Crippen molar-refractivity contribution in [3.8, 4) is 0 Å². The van der Waals surface area contributed by atoms with Gasteiger partial charge in [0.2, 0.25) is 5.91 Å². The Labute approximate surface area is 155 Å². The number of aryl methyl sites for hydroxylation is 1. The molecule has 1 aromatic rings. The van der Waals surface area contributed by atoms with E-state index in [1.807, 2.05) is 0 Å². The molecule has 1 amide bonds. The minimum absolute atomic E-state index is 0.0944. The van der Waals surface area contributed by atoms with Gasteiger partial charge in [-0.2, -0.15) is 0 Å². The van der Waals surface area contributed by atoms with E-state index in [4.69, 9.17) is 9.47 Å². The fourth-order valence-electron chi connectivity index (χ4n) is 4.23. The van der Waals surface area contributed by atoms with Crippen LogP contribution in [-0.2, 0) is 14.3 Å². The topological polar surface area (TPSA) is 59.6 Å². The Morgan fingerprint density at radius 2 is 1.77 bits per heavy atom. The van der Waals surface area contributed by atoms with Crippen molar-refractivity contribution in [1.29, 1.82) is 0 Å². The molecule has 0 unspecified atom stereocenters. The SMILES string of the molecule is Cc1ccc([C@@H](NCC(=O)NC2CCC3(CC2)OCCO3)C2CC2)cc1. The number of carbonyl (C=O) groups excluding carboxylic acids is 1. The van der Waals surface area contributed by atoms with Gasteiger partial charge in [-0.1, -0.05) is 29.8 Å². The van der Waals surface area contributed by atoms with E-state index in [-0.39, 0.29) is 23.8 Å². The van der Waals surface area contributed by atoms with E-state index in [0.717, 1.165) is 25.7 Å². The highest BCUT2D eigenvalue weighted by atomic mass is 16.7. The molecule has 3 fully saturated rings. The maximum absolute atomic E-state index is 12.4. The minimum Gasteiger partial charge on any atom is -0.352 e. The molecule has 1 spiro atoms. The zero-order valence-electron chi connectivity index (χ0n) is 15.6. The van der Waals surface area contributed by atoms with Crippen LogP contribution in [0.5, 0.6) is 0 Å². The molecule has 1 aromatic carbocycles. The van der Waals surface area contributed by atoms with E-state index in [1.54, 1.807) is 0 Å². The maximum Gasteiger partial charge on any atom is 0.234 e. The van der Waals surface area contributed by atoms with Crippen LogP contribution in [0.4, 0.5) is 0 Å². The zero-order chi connectivity index (χ0) is 18.0. The molecule has 1 saturated heterocycles. The minimum atomic E-state index is -0.359. The third kappa shape index (κ3) is 4.27. The van der Waals surface area contributed by atoms with Crippen LogP contribution in [0.2, 0.25) is 0 Å². The summed E-state index contributed by atoms with van der Waals surface area (Å²) in [4.78, 5) is 12.4. The van der Waals surface area contributed by atoms with Crippen LogP contribution in [0.3, 0.4) is 0 Å². The number of hydrogen-bond donors (Lipinski definition) is 2. The van der Waals surface area contributed by atoms with Gasteiger partial charge in [0.15, 0.2) is 5.79 Å². The molecule has 5 heteroatoms. The molecule has 1 heterocycles. The average molecular weight is 358 g/mol. The average Bonchev–Trinajstić information content (AvgIpc) is 3.38. The fourth-order valence-corrected chi connectivity index (χ4v) is 4.23. The second-order valence-corrected chi connectivity index (χ2v) is 8.06. The molecule has 26 heavy (non-hydrogen) atoms. The van der Waals surface area contributed by atoms with Crippen LogP contribution in [0.15, 0.2) is 24.3 Å². The Hall–Kier alpha value is -1.43. The summed E-state index contributed by atoms with van der Waals surface area (Å²) in [6, 6.07) is 9.20. The molecule has 3 aliphatic rings. The van der Waals surface area contributed by atoms with Gasteiger partial charge < -0.3 is 20.1 Å². The van der Waals surface area contributed by atoms with Crippen LogP contribution in [0.1, 0.15) is 55.7 Å². The second-order valence-electron chi connectivity index (χ2n) is 8.06. The summed E-state index contributed by atoms with van der Waals surface area (Å²) in [5.41, 5.74) is 2.56. The predicted octanol–water partition coefficient (Wildman–Crippen LogP) is 2.84. The summed E-state index contributed by atoms with van der Waals surface area (Å²) in [7, 11) is 0. The highest BCUT2D eigenvalue weighted by Crippen LogP contribution is 2.41. The van der Waals surface area contributed by atoms with Crippen molar-refractivity contribution >= 4 is 5.91 Å². The third-order valence-corrected chi connectivity index (χ3v) is 5.94. The van der Waals surface area contributed by atoms with Crippen molar-refractivity contribution in [1.82, 2.24) is 10.6 Å². The summed E-state index contributed by atoms with van der Waals surface area (Å²) in [6.07, 6.45) is 6.10. The van der Waals surface area contributed by atoms with Gasteiger partial charge in [0.25, 0.3) is 0 Å². The highest BCUT2D eigenvalue weighted by Gasteiger charge is 2.40. The van der Waals surface area contributed by atoms with Crippen LogP contribution in [-0.4, -0.2) is 37.5 Å². The highest BCUT2D eigenvalue weighted by molar-refractivity contribution is 5.78. The molecular weight excluding hydrogens is 328 g/mol. The number of rotatable bonds is 6. The molecule has 0 aromatic heterocycles. The number of ether oxygens (including phenoxy) is 2. The third-order valence-electron chi connectivity index (χ3n) is 5.94. The number of amides is 1. The lowest BCUT2D eigenvalue weighted by atomic mass is 9.90. The first-order valence-corrected chi connectivity index (χ1v) is 10.0. The number of hydrogen-bond acceptors (Lipinski definition) is 4. The van der Waals surface area contributed by atoms with E-state index < -0.39 is 0 Å². The Balaban J connectivity index is 1.25. The first-order chi connectivity index (χ1) is 12.6. The molecule has 0 bridgehead atoms. The van der Waals surface area contributed by atoms with E-state index in [2.05, 4.69) is 41.8 Å². The molecule has 1 aliphatic heterocycles. The van der Waals surface area contributed by atoms with Crippen molar-refractivity contribution in [2.24, 2.45) is 5.92 Å². The molecule has 142 valence electrons. The molecule has 2 N–H and O–H groups in total. The molecular formula is C21H30N2O3. The van der Waals surface area contributed by atoms with Crippen molar-refractivity contribution in [3.05, 3.63) is 35.4 Å². The fraction of sp³-hybridized carbons (Fsp3) is 0.667. The van der Waals surface area contributed by atoms with Crippen LogP contribution in [0.25, 0.3) is 0 Å². The lowest BCUT2D eigenvalue weighted by Crippen LogP contribution is -2.46. The van der Waals surface area contributed by atoms with Crippen LogP contribution < -0.4 is 10.6 Å². The van der Waals surface area contributed by atoms with E-state index in [1.165, 1.54) is 24.0 Å². The van der Waals surface area contributed by atoms with E-state index >= 15 is 0 Å². The molecule has 4 rings (SSSR count). The first-order valence-electron chi connectivity index (χ1n) is 10.0. The maximum atomic E-state index is 12.4. The van der Waals surface area contributed by atoms with Crippen molar-refractivity contribution < 1.29 is 14.3 Å². The van der Waals surface area contributed by atoms with Crippen molar-refractivity contribution in [2.45, 2.75) is 63.3 Å². The quantitative estimate of drug-likeness (QED) is 0.821. The Kier molecular flexibility index (Phi) is 5.30. The monoisotopic (exact) mass is 358 g/mol. The van der Waals surface area contributed by atoms with E-state index in [0.29, 0.717) is 25.7 Å². The molecule has 1 atom stereocenters. The summed E-state index contributed by atoms with van der Waals surface area (Å²) in [5.74, 6) is 0.399. The van der Waals surface area contributed by atoms with Crippen molar-refractivity contribution in [2.75, 3.05) is 19.8 Å². The van der Waals surface area contributed by atoms with Gasteiger partial charge >= 0.3 is 0 Å². The normalized spacial score (nSPS) is 23.9. The molecule has 2 aliphatic carbocycles. The zero-order valence-corrected chi connectivity index (χ0v) is 15.6. The molecule has 2 saturated carbocycles. The van der Waals surface area contributed by atoms with Gasteiger partial charge in [0.05, 0.1) is 19.8 Å².